The second-order valence-corrected chi connectivity index (χ2v) is 4.66. The van der Waals surface area contributed by atoms with Crippen molar-refractivity contribution in [2.45, 2.75) is 38.6 Å². The van der Waals surface area contributed by atoms with Crippen LogP contribution in [0.5, 0.6) is 0 Å². The van der Waals surface area contributed by atoms with E-state index in [1.54, 1.807) is 0 Å². The van der Waals surface area contributed by atoms with E-state index in [4.69, 9.17) is 0 Å². The molecular weight excluding hydrogens is 158 g/mol. The highest BCUT2D eigenvalue weighted by atomic mass is 14.9. The van der Waals surface area contributed by atoms with Gasteiger partial charge in [-0.3, -0.25) is 0 Å². The van der Waals surface area contributed by atoms with Crippen molar-refractivity contribution in [3.05, 3.63) is 12.7 Å². The lowest BCUT2D eigenvalue weighted by molar-refractivity contribution is 0.281. The van der Waals surface area contributed by atoms with E-state index in [9.17, 15) is 0 Å². The van der Waals surface area contributed by atoms with E-state index in [1.165, 1.54) is 25.7 Å². The van der Waals surface area contributed by atoms with Gasteiger partial charge in [0.1, 0.15) is 0 Å². The second kappa shape index (κ2) is 3.83. The molecule has 0 saturated heterocycles. The minimum atomic E-state index is 0.584. The molecule has 0 aromatic carbocycles. The van der Waals surface area contributed by atoms with Crippen molar-refractivity contribution in [2.24, 2.45) is 17.8 Å². The highest BCUT2D eigenvalue weighted by molar-refractivity contribution is 5.01. The molecule has 0 spiro atoms. The molecule has 0 radical (unpaired) electrons. The SMILES string of the molecule is C=CC(NCC)C1CC2CCC1C2. The number of nitrogens with one attached hydrogen (secondary N) is 1. The molecule has 2 bridgehead atoms. The van der Waals surface area contributed by atoms with Crippen LogP contribution in [0, 0.1) is 17.8 Å². The van der Waals surface area contributed by atoms with Gasteiger partial charge in [0.15, 0.2) is 0 Å². The molecule has 4 atom stereocenters. The molecular formula is C12H21N. The van der Waals surface area contributed by atoms with Gasteiger partial charge in [0.05, 0.1) is 0 Å². The summed E-state index contributed by atoms with van der Waals surface area (Å²) in [6, 6.07) is 0.584. The summed E-state index contributed by atoms with van der Waals surface area (Å²) in [4.78, 5) is 0. The Labute approximate surface area is 81.6 Å². The van der Waals surface area contributed by atoms with Gasteiger partial charge in [-0.25, -0.2) is 0 Å². The fourth-order valence-corrected chi connectivity index (χ4v) is 3.38. The fourth-order valence-electron chi connectivity index (χ4n) is 3.38. The van der Waals surface area contributed by atoms with Crippen LogP contribution < -0.4 is 5.32 Å². The highest BCUT2D eigenvalue weighted by Crippen LogP contribution is 2.49. The molecule has 4 unspecified atom stereocenters. The Morgan fingerprint density at radius 3 is 2.77 bits per heavy atom. The van der Waals surface area contributed by atoms with E-state index in [-0.39, 0.29) is 0 Å². The normalized spacial score (nSPS) is 39.3. The number of fused-ring (bicyclic) bond motifs is 2. The first-order valence-corrected chi connectivity index (χ1v) is 5.71. The lowest BCUT2D eigenvalue weighted by Gasteiger charge is -2.28. The average molecular weight is 179 g/mol. The minimum Gasteiger partial charge on any atom is -0.311 e. The van der Waals surface area contributed by atoms with Crippen molar-refractivity contribution >= 4 is 0 Å². The quantitative estimate of drug-likeness (QED) is 0.654. The number of hydrogen-bond donors (Lipinski definition) is 1. The number of rotatable bonds is 4. The van der Waals surface area contributed by atoms with Gasteiger partial charge in [0.2, 0.25) is 0 Å². The van der Waals surface area contributed by atoms with Gasteiger partial charge in [0, 0.05) is 6.04 Å². The lowest BCUT2D eigenvalue weighted by atomic mass is 9.83. The Kier molecular flexibility index (Phi) is 2.73. The maximum Gasteiger partial charge on any atom is 0.0278 e. The Hall–Kier alpha value is -0.300. The van der Waals surface area contributed by atoms with Gasteiger partial charge in [-0.2, -0.15) is 0 Å². The van der Waals surface area contributed by atoms with E-state index in [0.717, 1.165) is 24.3 Å². The molecule has 0 aliphatic heterocycles. The van der Waals surface area contributed by atoms with Gasteiger partial charge in [-0.05, 0) is 43.6 Å². The van der Waals surface area contributed by atoms with Crippen molar-refractivity contribution in [3.63, 3.8) is 0 Å². The summed E-state index contributed by atoms with van der Waals surface area (Å²) in [7, 11) is 0. The van der Waals surface area contributed by atoms with Gasteiger partial charge < -0.3 is 5.32 Å². The van der Waals surface area contributed by atoms with Crippen molar-refractivity contribution in [1.82, 2.24) is 5.32 Å². The van der Waals surface area contributed by atoms with E-state index in [2.05, 4.69) is 24.9 Å². The summed E-state index contributed by atoms with van der Waals surface area (Å²) >= 11 is 0. The van der Waals surface area contributed by atoms with E-state index in [0.29, 0.717) is 6.04 Å². The molecule has 2 aliphatic carbocycles. The van der Waals surface area contributed by atoms with Crippen LogP contribution >= 0.6 is 0 Å². The zero-order chi connectivity index (χ0) is 9.26. The molecule has 2 rings (SSSR count). The summed E-state index contributed by atoms with van der Waals surface area (Å²) in [5.74, 6) is 2.96. The molecule has 0 aromatic rings. The van der Waals surface area contributed by atoms with Crippen molar-refractivity contribution in [3.8, 4) is 0 Å². The van der Waals surface area contributed by atoms with Crippen LogP contribution in [0.15, 0.2) is 12.7 Å². The zero-order valence-electron chi connectivity index (χ0n) is 8.63. The third-order valence-electron chi connectivity index (χ3n) is 3.95. The minimum absolute atomic E-state index is 0.584. The van der Waals surface area contributed by atoms with Crippen LogP contribution in [0.3, 0.4) is 0 Å². The Bertz CT molecular complexity index is 188. The molecule has 2 fully saturated rings. The largest absolute Gasteiger partial charge is 0.311 e. The third kappa shape index (κ3) is 1.67. The van der Waals surface area contributed by atoms with Crippen molar-refractivity contribution in [2.75, 3.05) is 6.54 Å². The molecule has 0 amide bonds. The third-order valence-corrected chi connectivity index (χ3v) is 3.95. The lowest BCUT2D eigenvalue weighted by Crippen LogP contribution is -2.36. The molecule has 0 heterocycles. The van der Waals surface area contributed by atoms with Gasteiger partial charge in [0.25, 0.3) is 0 Å². The highest BCUT2D eigenvalue weighted by Gasteiger charge is 2.41. The maximum absolute atomic E-state index is 3.95. The maximum atomic E-state index is 3.95. The van der Waals surface area contributed by atoms with E-state index < -0.39 is 0 Å². The Morgan fingerprint density at radius 2 is 2.31 bits per heavy atom. The first-order valence-electron chi connectivity index (χ1n) is 5.71. The van der Waals surface area contributed by atoms with Crippen LogP contribution in [-0.4, -0.2) is 12.6 Å². The molecule has 1 heteroatoms. The summed E-state index contributed by atoms with van der Waals surface area (Å²) in [5.41, 5.74) is 0. The van der Waals surface area contributed by atoms with Gasteiger partial charge in [-0.1, -0.05) is 19.4 Å². The molecule has 13 heavy (non-hydrogen) atoms. The molecule has 2 aliphatic rings. The predicted molar refractivity (Wildman–Crippen MR) is 56.6 cm³/mol. The van der Waals surface area contributed by atoms with E-state index >= 15 is 0 Å². The van der Waals surface area contributed by atoms with Gasteiger partial charge in [-0.15, -0.1) is 6.58 Å². The second-order valence-electron chi connectivity index (χ2n) is 4.66. The predicted octanol–water partition coefficient (Wildman–Crippen LogP) is 2.59. The summed E-state index contributed by atoms with van der Waals surface area (Å²) in [5, 5.41) is 3.54. The number of hydrogen-bond acceptors (Lipinski definition) is 1. The van der Waals surface area contributed by atoms with Crippen molar-refractivity contribution < 1.29 is 0 Å². The summed E-state index contributed by atoms with van der Waals surface area (Å²) in [6.45, 7) is 7.20. The van der Waals surface area contributed by atoms with Crippen molar-refractivity contribution in [1.29, 1.82) is 0 Å². The zero-order valence-corrected chi connectivity index (χ0v) is 8.63. The van der Waals surface area contributed by atoms with Gasteiger partial charge >= 0.3 is 0 Å². The topological polar surface area (TPSA) is 12.0 Å². The van der Waals surface area contributed by atoms with Crippen LogP contribution in [0.25, 0.3) is 0 Å². The fraction of sp³-hybridized carbons (Fsp3) is 0.833. The molecule has 2 saturated carbocycles. The first kappa shape index (κ1) is 9.26. The molecule has 1 N–H and O–H groups in total. The summed E-state index contributed by atoms with van der Waals surface area (Å²) < 4.78 is 0. The molecule has 0 aromatic heterocycles. The van der Waals surface area contributed by atoms with Crippen LogP contribution in [0.4, 0.5) is 0 Å². The molecule has 74 valence electrons. The Balaban J connectivity index is 1.95. The van der Waals surface area contributed by atoms with Crippen LogP contribution in [0.1, 0.15) is 32.6 Å². The van der Waals surface area contributed by atoms with Crippen LogP contribution in [-0.2, 0) is 0 Å². The standard InChI is InChI=1S/C12H21N/c1-3-12(13-4-2)11-8-9-5-6-10(11)7-9/h3,9-13H,1,4-8H2,2H3. The number of likely N-dealkylation sites (N-methyl/N-ethyl adjacent to an activating group) is 1. The monoisotopic (exact) mass is 179 g/mol. The first-order chi connectivity index (χ1) is 6.35. The molecule has 1 nitrogen and oxygen atoms in total. The van der Waals surface area contributed by atoms with Crippen LogP contribution in [0.2, 0.25) is 0 Å². The smallest absolute Gasteiger partial charge is 0.0278 e. The Morgan fingerprint density at radius 1 is 1.46 bits per heavy atom. The van der Waals surface area contributed by atoms with E-state index in [1.807, 2.05) is 0 Å². The summed E-state index contributed by atoms with van der Waals surface area (Å²) in [6.07, 6.45) is 8.05. The average Bonchev–Trinajstić information content (AvgIpc) is 2.74.